The van der Waals surface area contributed by atoms with Crippen molar-refractivity contribution in [1.29, 1.82) is 0 Å². The van der Waals surface area contributed by atoms with Crippen LogP contribution in [-0.4, -0.2) is 29.6 Å². The van der Waals surface area contributed by atoms with Crippen LogP contribution < -0.4 is 9.61 Å². The van der Waals surface area contributed by atoms with Crippen molar-refractivity contribution < 1.29 is 23.7 Å². The predicted octanol–water partition coefficient (Wildman–Crippen LogP) is 5.98. The second kappa shape index (κ2) is 9.84. The van der Waals surface area contributed by atoms with Crippen LogP contribution >= 0.6 is 7.52 Å². The topological polar surface area (TPSA) is 84.9 Å². The first-order chi connectivity index (χ1) is 13.9. The molecule has 0 amide bonds. The van der Waals surface area contributed by atoms with E-state index in [1.807, 2.05) is 25.1 Å². The van der Waals surface area contributed by atoms with Crippen LogP contribution in [-0.2, 0) is 14.1 Å². The van der Waals surface area contributed by atoms with E-state index in [1.54, 1.807) is 20.8 Å². The molecular weight excluding hydrogens is 401 g/mol. The largest absolute Gasteiger partial charge is 0.480 e. The molecule has 1 saturated carbocycles. The third-order valence-corrected chi connectivity index (χ3v) is 8.03. The molecule has 0 aromatic heterocycles. The highest BCUT2D eigenvalue weighted by atomic mass is 31.2. The minimum Gasteiger partial charge on any atom is -0.480 e. The summed E-state index contributed by atoms with van der Waals surface area (Å²) in [4.78, 5) is 12.0. The molecule has 0 heterocycles. The van der Waals surface area contributed by atoms with Crippen LogP contribution in [0.3, 0.4) is 0 Å². The molecule has 2 unspecified atom stereocenters. The number of aliphatic carboxylic acids is 1. The Labute approximate surface area is 181 Å². The van der Waals surface area contributed by atoms with E-state index in [1.165, 1.54) is 12.8 Å². The molecule has 0 spiro atoms. The normalized spacial score (nSPS) is 19.4. The molecule has 0 radical (unpaired) electrons. The fourth-order valence-electron chi connectivity index (χ4n) is 3.56. The minimum atomic E-state index is -3.68. The molecule has 1 aromatic rings. The summed E-state index contributed by atoms with van der Waals surface area (Å²) >= 11 is 0. The van der Waals surface area contributed by atoms with Gasteiger partial charge in [-0.05, 0) is 61.5 Å². The molecule has 1 aromatic carbocycles. The maximum absolute atomic E-state index is 14.0. The summed E-state index contributed by atoms with van der Waals surface area (Å²) in [6.07, 6.45) is 2.18. The molecular formula is C23H38NO5P. The van der Waals surface area contributed by atoms with E-state index in [0.717, 1.165) is 11.1 Å². The molecule has 1 aliphatic rings. The molecule has 0 bridgehead atoms. The Hall–Kier alpha value is -1.36. The van der Waals surface area contributed by atoms with Gasteiger partial charge in [-0.15, -0.1) is 0 Å². The lowest BCUT2D eigenvalue weighted by Crippen LogP contribution is -2.52. The number of benzene rings is 1. The maximum Gasteiger partial charge on any atom is 0.342 e. The lowest BCUT2D eigenvalue weighted by Gasteiger charge is -2.35. The SMILES string of the molecule is CCOCP(=O)(NC(C)(C(=O)O)C(C)C)Oc1c(C(C)C)cccc1[C@H](C)C1CC1. The van der Waals surface area contributed by atoms with Crippen molar-refractivity contribution in [3.63, 3.8) is 0 Å². The van der Waals surface area contributed by atoms with Crippen LogP contribution in [0.1, 0.15) is 84.3 Å². The maximum atomic E-state index is 14.0. The Balaban J connectivity index is 2.52. The fourth-order valence-corrected chi connectivity index (χ4v) is 5.71. The summed E-state index contributed by atoms with van der Waals surface area (Å²) in [6.45, 7) is 13.6. The van der Waals surface area contributed by atoms with E-state index in [4.69, 9.17) is 9.26 Å². The van der Waals surface area contributed by atoms with Crippen LogP contribution in [0.25, 0.3) is 0 Å². The number of rotatable bonds is 12. The van der Waals surface area contributed by atoms with Crippen molar-refractivity contribution in [1.82, 2.24) is 5.09 Å². The molecule has 7 heteroatoms. The van der Waals surface area contributed by atoms with Crippen LogP contribution in [0.5, 0.6) is 5.75 Å². The summed E-state index contributed by atoms with van der Waals surface area (Å²) in [6, 6.07) is 6.05. The lowest BCUT2D eigenvalue weighted by molar-refractivity contribution is -0.145. The molecule has 0 aliphatic heterocycles. The van der Waals surface area contributed by atoms with Crippen molar-refractivity contribution in [2.24, 2.45) is 11.8 Å². The number of carboxylic acid groups (broad SMARTS) is 1. The van der Waals surface area contributed by atoms with Gasteiger partial charge in [0, 0.05) is 6.61 Å². The average Bonchev–Trinajstić information content (AvgIpc) is 3.50. The standard InChI is InChI=1S/C23H38NO5P/c1-8-28-14-30(27,24-23(7,16(4)5)22(25)26)29-21-19(15(2)3)10-9-11-20(21)17(6)18-12-13-18/h9-11,15-18H,8,12-14H2,1-7H3,(H,24,27)(H,25,26)/t17-,23?,30?/m1/s1. The zero-order valence-electron chi connectivity index (χ0n) is 19.4. The van der Waals surface area contributed by atoms with Gasteiger partial charge in [-0.1, -0.05) is 52.8 Å². The average molecular weight is 440 g/mol. The third kappa shape index (κ3) is 5.66. The van der Waals surface area contributed by atoms with Crippen LogP contribution in [0.2, 0.25) is 0 Å². The van der Waals surface area contributed by atoms with Crippen molar-refractivity contribution in [2.45, 2.75) is 78.7 Å². The Kier molecular flexibility index (Phi) is 8.17. The quantitative estimate of drug-likeness (QED) is 0.390. The van der Waals surface area contributed by atoms with Crippen molar-refractivity contribution in [3.05, 3.63) is 29.3 Å². The molecule has 2 N–H and O–H groups in total. The van der Waals surface area contributed by atoms with Gasteiger partial charge in [-0.25, -0.2) is 5.09 Å². The Morgan fingerprint density at radius 2 is 1.83 bits per heavy atom. The summed E-state index contributed by atoms with van der Waals surface area (Å²) in [5, 5.41) is 12.7. The zero-order valence-corrected chi connectivity index (χ0v) is 20.3. The smallest absolute Gasteiger partial charge is 0.342 e. The summed E-state index contributed by atoms with van der Waals surface area (Å²) < 4.78 is 25.8. The fraction of sp³-hybridized carbons (Fsp3) is 0.696. The second-order valence-corrected chi connectivity index (χ2v) is 11.2. The minimum absolute atomic E-state index is 0.169. The summed E-state index contributed by atoms with van der Waals surface area (Å²) in [5.41, 5.74) is 0.589. The van der Waals surface area contributed by atoms with Gasteiger partial charge in [0.15, 0.2) is 0 Å². The first-order valence-corrected chi connectivity index (χ1v) is 12.8. The van der Waals surface area contributed by atoms with E-state index in [9.17, 15) is 14.5 Å². The molecule has 1 fully saturated rings. The number of para-hydroxylation sites is 1. The van der Waals surface area contributed by atoms with Crippen LogP contribution in [0.15, 0.2) is 18.2 Å². The van der Waals surface area contributed by atoms with Crippen molar-refractivity contribution >= 4 is 13.5 Å². The number of nitrogens with one attached hydrogen (secondary N) is 1. The number of hydrogen-bond acceptors (Lipinski definition) is 4. The Morgan fingerprint density at radius 1 is 1.23 bits per heavy atom. The van der Waals surface area contributed by atoms with Crippen LogP contribution in [0, 0.1) is 11.8 Å². The van der Waals surface area contributed by atoms with E-state index in [0.29, 0.717) is 18.3 Å². The Morgan fingerprint density at radius 3 is 2.30 bits per heavy atom. The third-order valence-electron chi connectivity index (χ3n) is 6.22. The van der Waals surface area contributed by atoms with Gasteiger partial charge in [-0.3, -0.25) is 9.36 Å². The number of hydrogen-bond donors (Lipinski definition) is 2. The number of carboxylic acids is 1. The zero-order chi connectivity index (χ0) is 22.7. The van der Waals surface area contributed by atoms with Gasteiger partial charge in [0.2, 0.25) is 0 Å². The van der Waals surface area contributed by atoms with Crippen molar-refractivity contribution in [2.75, 3.05) is 13.0 Å². The molecule has 0 saturated heterocycles. The molecule has 1 aliphatic carbocycles. The number of carbonyl (C=O) groups is 1. The lowest BCUT2D eigenvalue weighted by atomic mass is 9.90. The van der Waals surface area contributed by atoms with Crippen LogP contribution in [0.4, 0.5) is 0 Å². The van der Waals surface area contributed by atoms with E-state index in [-0.39, 0.29) is 24.1 Å². The highest BCUT2D eigenvalue weighted by molar-refractivity contribution is 7.57. The van der Waals surface area contributed by atoms with E-state index < -0.39 is 19.0 Å². The highest BCUT2D eigenvalue weighted by Gasteiger charge is 2.44. The molecule has 30 heavy (non-hydrogen) atoms. The first-order valence-electron chi connectivity index (χ1n) is 11.0. The van der Waals surface area contributed by atoms with Gasteiger partial charge in [0.05, 0.1) is 0 Å². The summed E-state index contributed by atoms with van der Waals surface area (Å²) in [7, 11) is -3.68. The van der Waals surface area contributed by atoms with Gasteiger partial charge >= 0.3 is 13.5 Å². The number of ether oxygens (including phenoxy) is 1. The predicted molar refractivity (Wildman–Crippen MR) is 120 cm³/mol. The highest BCUT2D eigenvalue weighted by Crippen LogP contribution is 2.52. The monoisotopic (exact) mass is 439 g/mol. The second-order valence-electron chi connectivity index (χ2n) is 9.21. The van der Waals surface area contributed by atoms with Gasteiger partial charge in [0.25, 0.3) is 0 Å². The molecule has 2 rings (SSSR count). The first kappa shape index (κ1) is 24.9. The Bertz CT molecular complexity index is 790. The van der Waals surface area contributed by atoms with Gasteiger partial charge in [0.1, 0.15) is 17.6 Å². The molecule has 6 nitrogen and oxygen atoms in total. The van der Waals surface area contributed by atoms with Gasteiger partial charge in [-0.2, -0.15) is 0 Å². The van der Waals surface area contributed by atoms with Crippen molar-refractivity contribution in [3.8, 4) is 5.75 Å². The molecule has 3 atom stereocenters. The van der Waals surface area contributed by atoms with Gasteiger partial charge < -0.3 is 14.4 Å². The van der Waals surface area contributed by atoms with E-state index in [2.05, 4.69) is 25.9 Å². The molecule has 170 valence electrons. The van der Waals surface area contributed by atoms with E-state index >= 15 is 0 Å². The summed E-state index contributed by atoms with van der Waals surface area (Å²) in [5.74, 6) is 0.297.